The van der Waals surface area contributed by atoms with Crippen LogP contribution in [0.15, 0.2) is 58.3 Å². The van der Waals surface area contributed by atoms with Gasteiger partial charge in [-0.2, -0.15) is 0 Å². The van der Waals surface area contributed by atoms with Gasteiger partial charge in [0.15, 0.2) is 0 Å². The molecule has 2 aromatic rings. The Labute approximate surface area is 224 Å². The van der Waals surface area contributed by atoms with Gasteiger partial charge in [-0.1, -0.05) is 54.7 Å². The minimum absolute atomic E-state index is 0.208. The molecule has 0 radical (unpaired) electrons. The molecular formula is C28H43N3O4S2. The lowest BCUT2D eigenvalue weighted by Gasteiger charge is -2.30. The number of nitrogens with zero attached hydrogens (tertiary/aromatic N) is 1. The maximum atomic E-state index is 12.8. The van der Waals surface area contributed by atoms with E-state index in [0.29, 0.717) is 25.3 Å². The van der Waals surface area contributed by atoms with Crippen LogP contribution in [-0.2, 0) is 20.0 Å². The van der Waals surface area contributed by atoms with Gasteiger partial charge in [0, 0.05) is 19.1 Å². The Morgan fingerprint density at radius 1 is 0.811 bits per heavy atom. The fraction of sp³-hybridized carbons (Fsp3) is 0.571. The zero-order chi connectivity index (χ0) is 26.9. The summed E-state index contributed by atoms with van der Waals surface area (Å²) in [6, 6.07) is 13.5. The first kappa shape index (κ1) is 29.8. The normalized spacial score (nSPS) is 16.2. The van der Waals surface area contributed by atoms with Gasteiger partial charge in [0.2, 0.25) is 20.0 Å². The van der Waals surface area contributed by atoms with Crippen molar-refractivity contribution in [1.82, 2.24) is 14.3 Å². The minimum atomic E-state index is -3.56. The lowest BCUT2D eigenvalue weighted by molar-refractivity contribution is 0.193. The van der Waals surface area contributed by atoms with E-state index in [0.717, 1.165) is 30.8 Å². The highest BCUT2D eigenvalue weighted by Crippen LogP contribution is 2.24. The number of nitrogens with one attached hydrogen (secondary N) is 2. The second-order valence-corrected chi connectivity index (χ2v) is 14.0. The van der Waals surface area contributed by atoms with E-state index in [2.05, 4.69) is 14.3 Å². The molecule has 3 rings (SSSR count). The molecule has 1 aliphatic rings. The van der Waals surface area contributed by atoms with Crippen LogP contribution in [0.3, 0.4) is 0 Å². The van der Waals surface area contributed by atoms with Crippen molar-refractivity contribution in [3.8, 4) is 0 Å². The van der Waals surface area contributed by atoms with Crippen LogP contribution in [0.2, 0.25) is 0 Å². The van der Waals surface area contributed by atoms with Crippen LogP contribution < -0.4 is 9.44 Å². The largest absolute Gasteiger partial charge is 0.303 e. The van der Waals surface area contributed by atoms with Gasteiger partial charge in [0.1, 0.15) is 0 Å². The number of hydrogen-bond donors (Lipinski definition) is 2. The summed E-state index contributed by atoms with van der Waals surface area (Å²) in [5.74, 6) is 0.651. The second-order valence-electron chi connectivity index (χ2n) is 10.5. The summed E-state index contributed by atoms with van der Waals surface area (Å²) in [6.07, 6.45) is 7.67. The summed E-state index contributed by atoms with van der Waals surface area (Å²) in [4.78, 5) is 2.95. The fourth-order valence-electron chi connectivity index (χ4n) is 4.82. The highest BCUT2D eigenvalue weighted by atomic mass is 32.2. The molecular weight excluding hydrogens is 506 g/mol. The Morgan fingerprint density at radius 2 is 1.35 bits per heavy atom. The Kier molecular flexibility index (Phi) is 11.1. The fourth-order valence-corrected chi connectivity index (χ4v) is 7.18. The van der Waals surface area contributed by atoms with E-state index in [1.54, 1.807) is 48.5 Å². The van der Waals surface area contributed by atoms with E-state index in [4.69, 9.17) is 0 Å². The summed E-state index contributed by atoms with van der Waals surface area (Å²) >= 11 is 0. The molecule has 2 aromatic carbocycles. The van der Waals surface area contributed by atoms with Crippen molar-refractivity contribution >= 4 is 20.0 Å². The summed E-state index contributed by atoms with van der Waals surface area (Å²) in [7, 11) is -7.09. The van der Waals surface area contributed by atoms with Crippen LogP contribution >= 0.6 is 0 Å². The monoisotopic (exact) mass is 549 g/mol. The van der Waals surface area contributed by atoms with Crippen molar-refractivity contribution < 1.29 is 16.8 Å². The van der Waals surface area contributed by atoms with Crippen LogP contribution in [0.1, 0.15) is 63.0 Å². The lowest BCUT2D eigenvalue weighted by Crippen LogP contribution is -2.39. The average Bonchev–Trinajstić information content (AvgIpc) is 2.86. The second kappa shape index (κ2) is 13.8. The molecule has 0 bridgehead atoms. The molecule has 1 aliphatic carbocycles. The lowest BCUT2D eigenvalue weighted by atomic mass is 9.89. The first-order chi connectivity index (χ1) is 17.5. The topological polar surface area (TPSA) is 95.6 Å². The molecule has 1 atom stereocenters. The SMILES string of the molecule is Cc1ccc(S(=O)(=O)NCCCN(CCC(C)NS(=O)(=O)c2ccc(C)cc2)CC2CCCCC2)cc1. The zero-order valence-corrected chi connectivity index (χ0v) is 24.1. The minimum Gasteiger partial charge on any atom is -0.303 e. The third-order valence-corrected chi connectivity index (χ3v) is 10.2. The highest BCUT2D eigenvalue weighted by molar-refractivity contribution is 7.89. The van der Waals surface area contributed by atoms with Gasteiger partial charge in [-0.25, -0.2) is 26.3 Å². The summed E-state index contributed by atoms with van der Waals surface area (Å²) in [5.41, 5.74) is 2.04. The smallest absolute Gasteiger partial charge is 0.240 e. The predicted octanol–water partition coefficient (Wildman–Crippen LogP) is 4.61. The van der Waals surface area contributed by atoms with Crippen molar-refractivity contribution in [2.24, 2.45) is 5.92 Å². The van der Waals surface area contributed by atoms with Gasteiger partial charge in [-0.15, -0.1) is 0 Å². The average molecular weight is 550 g/mol. The van der Waals surface area contributed by atoms with Crippen LogP contribution in [0.25, 0.3) is 0 Å². The maximum absolute atomic E-state index is 12.8. The number of hydrogen-bond acceptors (Lipinski definition) is 5. The first-order valence-corrected chi connectivity index (χ1v) is 16.4. The van der Waals surface area contributed by atoms with Gasteiger partial charge in [-0.05, 0) is 89.7 Å². The molecule has 9 heteroatoms. The summed E-state index contributed by atoms with van der Waals surface area (Å²) in [6.45, 7) is 8.64. The maximum Gasteiger partial charge on any atom is 0.240 e. The first-order valence-electron chi connectivity index (χ1n) is 13.4. The van der Waals surface area contributed by atoms with E-state index in [1.165, 1.54) is 32.1 Å². The van der Waals surface area contributed by atoms with E-state index in [9.17, 15) is 16.8 Å². The molecule has 37 heavy (non-hydrogen) atoms. The van der Waals surface area contributed by atoms with Crippen molar-refractivity contribution in [2.75, 3.05) is 26.2 Å². The number of benzene rings is 2. The van der Waals surface area contributed by atoms with Gasteiger partial charge in [-0.3, -0.25) is 0 Å². The van der Waals surface area contributed by atoms with Crippen LogP contribution in [0.5, 0.6) is 0 Å². The van der Waals surface area contributed by atoms with Gasteiger partial charge in [0.05, 0.1) is 9.79 Å². The third-order valence-electron chi connectivity index (χ3n) is 7.08. The molecule has 7 nitrogen and oxygen atoms in total. The molecule has 2 N–H and O–H groups in total. The van der Waals surface area contributed by atoms with Gasteiger partial charge < -0.3 is 4.90 Å². The molecule has 1 fully saturated rings. The van der Waals surface area contributed by atoms with Gasteiger partial charge in [0.25, 0.3) is 0 Å². The Balaban J connectivity index is 1.52. The molecule has 0 amide bonds. The molecule has 206 valence electrons. The van der Waals surface area contributed by atoms with E-state index < -0.39 is 20.0 Å². The van der Waals surface area contributed by atoms with Crippen molar-refractivity contribution in [1.29, 1.82) is 0 Å². The highest BCUT2D eigenvalue weighted by Gasteiger charge is 2.21. The van der Waals surface area contributed by atoms with E-state index in [1.807, 2.05) is 20.8 Å². The molecule has 0 saturated heterocycles. The number of sulfonamides is 2. The standard InChI is InChI=1S/C28H43N3O4S2/c1-23-10-14-27(15-11-23)36(32,33)29-19-7-20-31(22-26-8-5-4-6-9-26)21-18-25(3)30-37(34,35)28-16-12-24(2)13-17-28/h10-17,25-26,29-30H,4-9,18-22H2,1-3H3. The summed E-state index contributed by atoms with van der Waals surface area (Å²) in [5, 5.41) is 0. The Morgan fingerprint density at radius 3 is 1.92 bits per heavy atom. The Bertz CT molecular complexity index is 1170. The molecule has 0 aliphatic heterocycles. The van der Waals surface area contributed by atoms with Crippen LogP contribution in [0.4, 0.5) is 0 Å². The van der Waals surface area contributed by atoms with Crippen molar-refractivity contribution in [2.45, 2.75) is 81.5 Å². The summed E-state index contributed by atoms with van der Waals surface area (Å²) < 4.78 is 56.3. The van der Waals surface area contributed by atoms with Crippen LogP contribution in [-0.4, -0.2) is 54.0 Å². The number of aryl methyl sites for hydroxylation is 2. The quantitative estimate of drug-likeness (QED) is 0.336. The van der Waals surface area contributed by atoms with Crippen molar-refractivity contribution in [3.05, 3.63) is 59.7 Å². The van der Waals surface area contributed by atoms with Crippen LogP contribution in [0, 0.1) is 19.8 Å². The zero-order valence-electron chi connectivity index (χ0n) is 22.4. The van der Waals surface area contributed by atoms with Crippen molar-refractivity contribution in [3.63, 3.8) is 0 Å². The molecule has 1 unspecified atom stereocenters. The van der Waals surface area contributed by atoms with E-state index >= 15 is 0 Å². The van der Waals surface area contributed by atoms with E-state index in [-0.39, 0.29) is 15.8 Å². The molecule has 0 spiro atoms. The third kappa shape index (κ3) is 9.80. The number of rotatable bonds is 14. The predicted molar refractivity (Wildman–Crippen MR) is 150 cm³/mol. The molecule has 0 aromatic heterocycles. The van der Waals surface area contributed by atoms with Gasteiger partial charge >= 0.3 is 0 Å². The molecule has 1 saturated carbocycles. The Hall–Kier alpha value is -1.78. The molecule has 0 heterocycles.